The molecule has 0 aliphatic heterocycles. The number of thioether (sulfide) groups is 1. The van der Waals surface area contributed by atoms with Crippen LogP contribution < -0.4 is 5.32 Å². The third kappa shape index (κ3) is 3.90. The van der Waals surface area contributed by atoms with E-state index in [0.717, 1.165) is 17.9 Å². The highest BCUT2D eigenvalue weighted by Gasteiger charge is 2.32. The smallest absolute Gasteiger partial charge is 0.0281 e. The fourth-order valence-electron chi connectivity index (χ4n) is 4.09. The Morgan fingerprint density at radius 3 is 2.17 bits per heavy atom. The highest BCUT2D eigenvalue weighted by atomic mass is 32.2. The number of nitrogens with one attached hydrogen (secondary N) is 1. The summed E-state index contributed by atoms with van der Waals surface area (Å²) in [4.78, 5) is 0. The molecule has 2 rings (SSSR count). The quantitative estimate of drug-likeness (QED) is 0.808. The van der Waals surface area contributed by atoms with Crippen LogP contribution in [0.4, 0.5) is 0 Å². The van der Waals surface area contributed by atoms with Gasteiger partial charge in [-0.1, -0.05) is 33.1 Å². The van der Waals surface area contributed by atoms with Crippen molar-refractivity contribution in [3.63, 3.8) is 0 Å². The first-order chi connectivity index (χ1) is 8.63. The SMILES string of the molecule is CSC1(CNC2CC(C)CC(C)C2)CCCCC1. The van der Waals surface area contributed by atoms with Crippen molar-refractivity contribution >= 4 is 11.8 Å². The minimum absolute atomic E-state index is 0.558. The van der Waals surface area contributed by atoms with E-state index >= 15 is 0 Å². The summed E-state index contributed by atoms with van der Waals surface area (Å²) in [6, 6.07) is 0.787. The lowest BCUT2D eigenvalue weighted by Gasteiger charge is -2.39. The Bertz CT molecular complexity index is 237. The van der Waals surface area contributed by atoms with Crippen molar-refractivity contribution in [3.05, 3.63) is 0 Å². The Hall–Kier alpha value is 0.310. The van der Waals surface area contributed by atoms with E-state index in [1.54, 1.807) is 0 Å². The lowest BCUT2D eigenvalue weighted by Crippen LogP contribution is -2.45. The standard InChI is InChI=1S/C16H31NS/c1-13-9-14(2)11-15(10-13)17-12-16(18-3)7-5-4-6-8-16/h13-15,17H,4-12H2,1-3H3. The maximum atomic E-state index is 3.92. The summed E-state index contributed by atoms with van der Waals surface area (Å²) < 4.78 is 0.558. The molecule has 0 aromatic carbocycles. The molecule has 0 bridgehead atoms. The van der Waals surface area contributed by atoms with Gasteiger partial charge in [0.2, 0.25) is 0 Å². The molecule has 106 valence electrons. The molecule has 2 heteroatoms. The van der Waals surface area contributed by atoms with Gasteiger partial charge >= 0.3 is 0 Å². The first kappa shape index (κ1) is 14.7. The highest BCUT2D eigenvalue weighted by molar-refractivity contribution is 8.00. The fraction of sp³-hybridized carbons (Fsp3) is 1.00. The molecule has 0 heterocycles. The molecule has 0 radical (unpaired) electrons. The van der Waals surface area contributed by atoms with Crippen LogP contribution in [0.3, 0.4) is 0 Å². The normalized spacial score (nSPS) is 36.5. The van der Waals surface area contributed by atoms with Crippen LogP contribution in [0.25, 0.3) is 0 Å². The van der Waals surface area contributed by atoms with Gasteiger partial charge in [0.25, 0.3) is 0 Å². The van der Waals surface area contributed by atoms with E-state index in [1.807, 2.05) is 0 Å². The zero-order valence-corrected chi connectivity index (χ0v) is 13.3. The molecule has 0 aromatic heterocycles. The molecule has 2 atom stereocenters. The Morgan fingerprint density at radius 2 is 1.61 bits per heavy atom. The van der Waals surface area contributed by atoms with Gasteiger partial charge in [-0.3, -0.25) is 0 Å². The third-order valence-corrected chi connectivity index (χ3v) is 6.51. The molecule has 0 aromatic rings. The monoisotopic (exact) mass is 269 g/mol. The maximum Gasteiger partial charge on any atom is 0.0281 e. The van der Waals surface area contributed by atoms with Gasteiger partial charge < -0.3 is 5.32 Å². The summed E-state index contributed by atoms with van der Waals surface area (Å²) in [5.41, 5.74) is 0. The predicted octanol–water partition coefficient (Wildman–Crippen LogP) is 4.47. The second-order valence-electron chi connectivity index (χ2n) is 6.94. The molecule has 2 aliphatic carbocycles. The van der Waals surface area contributed by atoms with E-state index in [9.17, 15) is 0 Å². The van der Waals surface area contributed by atoms with Crippen LogP contribution >= 0.6 is 11.8 Å². The van der Waals surface area contributed by atoms with Gasteiger partial charge in [-0.05, 0) is 50.2 Å². The molecule has 1 nitrogen and oxygen atoms in total. The molecule has 0 saturated heterocycles. The molecule has 0 amide bonds. The van der Waals surface area contributed by atoms with Crippen LogP contribution in [-0.4, -0.2) is 23.6 Å². The van der Waals surface area contributed by atoms with Gasteiger partial charge in [0.1, 0.15) is 0 Å². The van der Waals surface area contributed by atoms with E-state index < -0.39 is 0 Å². The summed E-state index contributed by atoms with van der Waals surface area (Å²) >= 11 is 2.12. The molecule has 2 fully saturated rings. The lowest BCUT2D eigenvalue weighted by atomic mass is 9.80. The van der Waals surface area contributed by atoms with Crippen LogP contribution in [0.5, 0.6) is 0 Å². The molecule has 2 saturated carbocycles. The van der Waals surface area contributed by atoms with Gasteiger partial charge in [0, 0.05) is 17.3 Å². The Labute approximate surface area is 118 Å². The van der Waals surface area contributed by atoms with E-state index in [2.05, 4.69) is 37.2 Å². The van der Waals surface area contributed by atoms with E-state index in [0.29, 0.717) is 4.75 Å². The van der Waals surface area contributed by atoms with Crippen molar-refractivity contribution in [1.82, 2.24) is 5.32 Å². The van der Waals surface area contributed by atoms with Crippen LogP contribution in [0.15, 0.2) is 0 Å². The average molecular weight is 269 g/mol. The van der Waals surface area contributed by atoms with Crippen molar-refractivity contribution in [2.75, 3.05) is 12.8 Å². The minimum Gasteiger partial charge on any atom is -0.313 e. The van der Waals surface area contributed by atoms with Gasteiger partial charge in [-0.2, -0.15) is 11.8 Å². The second kappa shape index (κ2) is 6.65. The maximum absolute atomic E-state index is 3.92. The summed E-state index contributed by atoms with van der Waals surface area (Å²) in [6.45, 7) is 6.10. The zero-order valence-electron chi connectivity index (χ0n) is 12.5. The zero-order chi connectivity index (χ0) is 13.0. The largest absolute Gasteiger partial charge is 0.313 e. The Balaban J connectivity index is 1.82. The van der Waals surface area contributed by atoms with Gasteiger partial charge in [0.15, 0.2) is 0 Å². The number of hydrogen-bond acceptors (Lipinski definition) is 2. The molecule has 18 heavy (non-hydrogen) atoms. The second-order valence-corrected chi connectivity index (χ2v) is 8.22. The summed E-state index contributed by atoms with van der Waals surface area (Å²) in [7, 11) is 0. The first-order valence-electron chi connectivity index (χ1n) is 7.92. The number of hydrogen-bond donors (Lipinski definition) is 1. The van der Waals surface area contributed by atoms with Crippen LogP contribution in [0.2, 0.25) is 0 Å². The van der Waals surface area contributed by atoms with Gasteiger partial charge in [0.05, 0.1) is 0 Å². The number of rotatable bonds is 4. The molecule has 2 aliphatic rings. The molecular formula is C16H31NS. The van der Waals surface area contributed by atoms with Crippen molar-refractivity contribution in [3.8, 4) is 0 Å². The van der Waals surface area contributed by atoms with E-state index in [1.165, 1.54) is 57.9 Å². The van der Waals surface area contributed by atoms with E-state index in [-0.39, 0.29) is 0 Å². The summed E-state index contributed by atoms with van der Waals surface area (Å²) in [5, 5.41) is 3.92. The van der Waals surface area contributed by atoms with Crippen molar-refractivity contribution < 1.29 is 0 Å². The molecular weight excluding hydrogens is 238 g/mol. The highest BCUT2D eigenvalue weighted by Crippen LogP contribution is 2.38. The van der Waals surface area contributed by atoms with E-state index in [4.69, 9.17) is 0 Å². The Kier molecular flexibility index (Phi) is 5.44. The molecule has 0 spiro atoms. The molecule has 2 unspecified atom stereocenters. The predicted molar refractivity (Wildman–Crippen MR) is 83.3 cm³/mol. The lowest BCUT2D eigenvalue weighted by molar-refractivity contribution is 0.229. The van der Waals surface area contributed by atoms with Crippen LogP contribution in [0, 0.1) is 11.8 Å². The van der Waals surface area contributed by atoms with Crippen molar-refractivity contribution in [2.45, 2.75) is 76.0 Å². The topological polar surface area (TPSA) is 12.0 Å². The average Bonchev–Trinajstić information content (AvgIpc) is 2.36. The third-order valence-electron chi connectivity index (χ3n) is 5.09. The van der Waals surface area contributed by atoms with Crippen LogP contribution in [0.1, 0.15) is 65.2 Å². The fourth-order valence-corrected chi connectivity index (χ4v) is 5.02. The Morgan fingerprint density at radius 1 is 1.00 bits per heavy atom. The van der Waals surface area contributed by atoms with Crippen molar-refractivity contribution in [2.24, 2.45) is 11.8 Å². The minimum atomic E-state index is 0.558. The van der Waals surface area contributed by atoms with Gasteiger partial charge in [-0.15, -0.1) is 0 Å². The van der Waals surface area contributed by atoms with Crippen LogP contribution in [-0.2, 0) is 0 Å². The molecule has 1 N–H and O–H groups in total. The summed E-state index contributed by atoms with van der Waals surface area (Å²) in [5.74, 6) is 1.84. The van der Waals surface area contributed by atoms with Crippen molar-refractivity contribution in [1.29, 1.82) is 0 Å². The first-order valence-corrected chi connectivity index (χ1v) is 9.14. The summed E-state index contributed by atoms with van der Waals surface area (Å²) in [6.07, 6.45) is 13.8. The van der Waals surface area contributed by atoms with Gasteiger partial charge in [-0.25, -0.2) is 0 Å².